The summed E-state index contributed by atoms with van der Waals surface area (Å²) in [4.78, 5) is 37.6. The van der Waals surface area contributed by atoms with Gasteiger partial charge in [-0.25, -0.2) is 0 Å². The molecule has 0 radical (unpaired) electrons. The van der Waals surface area contributed by atoms with Gasteiger partial charge in [0.05, 0.1) is 4.88 Å². The lowest BCUT2D eigenvalue weighted by atomic mass is 10.1. The molecule has 1 unspecified atom stereocenters. The molecule has 7 heteroatoms. The van der Waals surface area contributed by atoms with Crippen LogP contribution in [0.5, 0.6) is 5.75 Å². The van der Waals surface area contributed by atoms with Crippen LogP contribution in [0.15, 0.2) is 30.3 Å². The molecule has 0 bridgehead atoms. The number of carbonyl (C=O) groups excluding carboxylic acids is 3. The van der Waals surface area contributed by atoms with Gasteiger partial charge in [0, 0.05) is 17.7 Å². The zero-order valence-electron chi connectivity index (χ0n) is 15.9. The Morgan fingerprint density at radius 2 is 1.78 bits per heavy atom. The second kappa shape index (κ2) is 9.32. The van der Waals surface area contributed by atoms with Crippen molar-refractivity contribution in [1.82, 2.24) is 10.9 Å². The number of hydrazine groups is 1. The van der Waals surface area contributed by atoms with Crippen molar-refractivity contribution in [2.45, 2.75) is 46.6 Å². The van der Waals surface area contributed by atoms with E-state index in [-0.39, 0.29) is 18.6 Å². The molecule has 27 heavy (non-hydrogen) atoms. The maximum absolute atomic E-state index is 12.1. The molecule has 1 atom stereocenters. The Labute approximate surface area is 162 Å². The molecule has 1 aromatic heterocycles. The van der Waals surface area contributed by atoms with Gasteiger partial charge in [0.25, 0.3) is 5.91 Å². The van der Waals surface area contributed by atoms with Crippen molar-refractivity contribution >= 4 is 28.9 Å². The molecular formula is C20H24N2O4S. The molecular weight excluding hydrogens is 364 g/mol. The van der Waals surface area contributed by atoms with Crippen LogP contribution in [-0.2, 0) is 9.59 Å². The molecule has 1 heterocycles. The maximum atomic E-state index is 12.1. The van der Waals surface area contributed by atoms with Gasteiger partial charge in [-0.3, -0.25) is 25.2 Å². The van der Waals surface area contributed by atoms with Gasteiger partial charge in [-0.2, -0.15) is 0 Å². The summed E-state index contributed by atoms with van der Waals surface area (Å²) in [5.41, 5.74) is 6.68. The summed E-state index contributed by atoms with van der Waals surface area (Å²) >= 11 is 1.41. The van der Waals surface area contributed by atoms with Gasteiger partial charge in [-0.1, -0.05) is 12.1 Å². The fourth-order valence-corrected chi connectivity index (χ4v) is 3.16. The van der Waals surface area contributed by atoms with Crippen molar-refractivity contribution in [3.63, 3.8) is 0 Å². The van der Waals surface area contributed by atoms with E-state index in [1.54, 1.807) is 19.1 Å². The Balaban J connectivity index is 1.76. The Hall–Kier alpha value is -2.67. The lowest BCUT2D eigenvalue weighted by molar-refractivity contribution is -0.132. The minimum absolute atomic E-state index is 0.00227. The van der Waals surface area contributed by atoms with E-state index < -0.39 is 17.9 Å². The predicted molar refractivity (Wildman–Crippen MR) is 105 cm³/mol. The van der Waals surface area contributed by atoms with Crippen LogP contribution < -0.4 is 15.6 Å². The van der Waals surface area contributed by atoms with E-state index in [2.05, 4.69) is 10.9 Å². The van der Waals surface area contributed by atoms with Gasteiger partial charge < -0.3 is 4.74 Å². The first kappa shape index (κ1) is 20.6. The van der Waals surface area contributed by atoms with Crippen LogP contribution in [0.2, 0.25) is 0 Å². The van der Waals surface area contributed by atoms with E-state index in [0.717, 1.165) is 16.0 Å². The number of Topliss-reactive ketones (excluding diaryl/α,β-unsaturated/α-hetero) is 1. The van der Waals surface area contributed by atoms with E-state index in [1.807, 2.05) is 39.0 Å². The van der Waals surface area contributed by atoms with E-state index in [0.29, 0.717) is 10.6 Å². The van der Waals surface area contributed by atoms with Crippen molar-refractivity contribution in [2.75, 3.05) is 0 Å². The first-order chi connectivity index (χ1) is 12.8. The van der Waals surface area contributed by atoms with Crippen LogP contribution in [0.25, 0.3) is 0 Å². The van der Waals surface area contributed by atoms with Gasteiger partial charge >= 0.3 is 0 Å². The predicted octanol–water partition coefficient (Wildman–Crippen LogP) is 3.25. The summed E-state index contributed by atoms with van der Waals surface area (Å²) < 4.78 is 5.66. The molecule has 2 rings (SSSR count). The zero-order chi connectivity index (χ0) is 20.0. The lowest BCUT2D eigenvalue weighted by Gasteiger charge is -2.17. The summed E-state index contributed by atoms with van der Waals surface area (Å²) in [5.74, 6) is -0.351. The number of nitrogens with one attached hydrogen (secondary N) is 2. The molecule has 6 nitrogen and oxygen atoms in total. The molecule has 2 aromatic rings. The Morgan fingerprint density at radius 1 is 1.04 bits per heavy atom. The highest BCUT2D eigenvalue weighted by Gasteiger charge is 2.17. The third-order valence-electron chi connectivity index (χ3n) is 4.15. The monoisotopic (exact) mass is 388 g/mol. The first-order valence-electron chi connectivity index (χ1n) is 8.69. The standard InChI is InChI=1S/C20H24N2O4S/c1-12-6-5-7-17(14(12)3)26-15(4)20(25)22-21-19(24)11-9-16(23)18-10-8-13(2)27-18/h5-8,10,15H,9,11H2,1-4H3,(H,21,24)(H,22,25). The molecule has 0 saturated heterocycles. The number of amides is 2. The third-order valence-corrected chi connectivity index (χ3v) is 5.19. The van der Waals surface area contributed by atoms with Crippen molar-refractivity contribution in [2.24, 2.45) is 0 Å². The molecule has 144 valence electrons. The number of aryl methyl sites for hydroxylation is 2. The summed E-state index contributed by atoms with van der Waals surface area (Å²) in [6.45, 7) is 7.41. The highest BCUT2D eigenvalue weighted by Crippen LogP contribution is 2.21. The van der Waals surface area contributed by atoms with Crippen molar-refractivity contribution in [1.29, 1.82) is 0 Å². The number of thiophene rings is 1. The van der Waals surface area contributed by atoms with Crippen molar-refractivity contribution in [3.8, 4) is 5.75 Å². The second-order valence-electron chi connectivity index (χ2n) is 6.33. The Bertz CT molecular complexity index is 844. The quantitative estimate of drug-likeness (QED) is 0.563. The van der Waals surface area contributed by atoms with Crippen molar-refractivity contribution < 1.29 is 19.1 Å². The van der Waals surface area contributed by atoms with Crippen LogP contribution >= 0.6 is 11.3 Å². The Kier molecular flexibility index (Phi) is 7.12. The molecule has 2 amide bonds. The fourth-order valence-electron chi connectivity index (χ4n) is 2.33. The van der Waals surface area contributed by atoms with Gasteiger partial charge in [0.2, 0.25) is 5.91 Å². The van der Waals surface area contributed by atoms with Crippen LogP contribution in [0.1, 0.15) is 45.4 Å². The normalized spacial score (nSPS) is 11.6. The molecule has 1 aromatic carbocycles. The van der Waals surface area contributed by atoms with Gasteiger partial charge in [-0.05, 0) is 57.0 Å². The van der Waals surface area contributed by atoms with Gasteiger partial charge in [-0.15, -0.1) is 11.3 Å². The van der Waals surface area contributed by atoms with Gasteiger partial charge in [0.1, 0.15) is 5.75 Å². The lowest BCUT2D eigenvalue weighted by Crippen LogP contribution is -2.47. The minimum atomic E-state index is -0.776. The number of hydrogen-bond acceptors (Lipinski definition) is 5. The van der Waals surface area contributed by atoms with E-state index in [9.17, 15) is 14.4 Å². The van der Waals surface area contributed by atoms with Gasteiger partial charge in [0.15, 0.2) is 11.9 Å². The van der Waals surface area contributed by atoms with E-state index in [4.69, 9.17) is 4.74 Å². The zero-order valence-corrected chi connectivity index (χ0v) is 16.7. The minimum Gasteiger partial charge on any atom is -0.481 e. The number of carbonyl (C=O) groups is 3. The first-order valence-corrected chi connectivity index (χ1v) is 9.50. The number of benzene rings is 1. The number of rotatable bonds is 7. The molecule has 0 saturated carbocycles. The summed E-state index contributed by atoms with van der Waals surface area (Å²) in [5, 5.41) is 0. The van der Waals surface area contributed by atoms with Crippen molar-refractivity contribution in [3.05, 3.63) is 51.2 Å². The largest absolute Gasteiger partial charge is 0.481 e. The maximum Gasteiger partial charge on any atom is 0.279 e. The molecule has 2 N–H and O–H groups in total. The van der Waals surface area contributed by atoms with E-state index in [1.165, 1.54) is 11.3 Å². The molecule has 0 aliphatic carbocycles. The summed E-state index contributed by atoms with van der Waals surface area (Å²) in [6, 6.07) is 9.24. The van der Waals surface area contributed by atoms with Crippen LogP contribution in [-0.4, -0.2) is 23.7 Å². The molecule has 0 spiro atoms. The average molecular weight is 388 g/mol. The smallest absolute Gasteiger partial charge is 0.279 e. The molecule has 0 aliphatic rings. The van der Waals surface area contributed by atoms with Crippen LogP contribution in [0.4, 0.5) is 0 Å². The summed E-state index contributed by atoms with van der Waals surface area (Å²) in [6.07, 6.45) is -0.681. The second-order valence-corrected chi connectivity index (χ2v) is 7.62. The van der Waals surface area contributed by atoms with Crippen LogP contribution in [0.3, 0.4) is 0 Å². The fraction of sp³-hybridized carbons (Fsp3) is 0.350. The highest BCUT2D eigenvalue weighted by atomic mass is 32.1. The number of ketones is 1. The average Bonchev–Trinajstić information content (AvgIpc) is 3.07. The van der Waals surface area contributed by atoms with E-state index >= 15 is 0 Å². The number of hydrogen-bond donors (Lipinski definition) is 2. The Morgan fingerprint density at radius 3 is 2.44 bits per heavy atom. The number of ether oxygens (including phenoxy) is 1. The molecule has 0 fully saturated rings. The summed E-state index contributed by atoms with van der Waals surface area (Å²) in [7, 11) is 0. The molecule has 0 aliphatic heterocycles. The highest BCUT2D eigenvalue weighted by molar-refractivity contribution is 7.14. The SMILES string of the molecule is Cc1ccc(C(=O)CCC(=O)NNC(=O)C(C)Oc2cccc(C)c2C)s1. The van der Waals surface area contributed by atoms with Crippen LogP contribution in [0, 0.1) is 20.8 Å². The topological polar surface area (TPSA) is 84.5 Å². The third kappa shape index (κ3) is 5.92.